The predicted octanol–water partition coefficient (Wildman–Crippen LogP) is 4.60. The van der Waals surface area contributed by atoms with E-state index in [1.54, 1.807) is 10.6 Å². The highest BCUT2D eigenvalue weighted by atomic mass is 32.2. The molecule has 0 saturated carbocycles. The van der Waals surface area contributed by atoms with Crippen LogP contribution < -0.4 is 5.56 Å². The van der Waals surface area contributed by atoms with Gasteiger partial charge in [0.1, 0.15) is 5.82 Å². The van der Waals surface area contributed by atoms with Crippen molar-refractivity contribution in [3.05, 3.63) is 69.8 Å². The number of thioether (sulfide) groups is 1. The fourth-order valence-electron chi connectivity index (χ4n) is 3.51. The third-order valence-corrected chi connectivity index (χ3v) is 5.96. The largest absolute Gasteiger partial charge is 0.379 e. The Morgan fingerprint density at radius 1 is 1.16 bits per heavy atom. The van der Waals surface area contributed by atoms with Crippen molar-refractivity contribution in [3.63, 3.8) is 0 Å². The summed E-state index contributed by atoms with van der Waals surface area (Å²) in [6.07, 6.45) is 0.846. The zero-order valence-electron chi connectivity index (χ0n) is 17.8. The maximum Gasteiger partial charge on any atom is 0.262 e. The summed E-state index contributed by atoms with van der Waals surface area (Å²) in [5, 5.41) is 9.99. The van der Waals surface area contributed by atoms with Crippen molar-refractivity contribution in [2.24, 2.45) is 0 Å². The van der Waals surface area contributed by atoms with E-state index in [4.69, 9.17) is 4.74 Å². The van der Waals surface area contributed by atoms with Crippen LogP contribution in [0.1, 0.15) is 31.4 Å². The summed E-state index contributed by atoms with van der Waals surface area (Å²) in [4.78, 5) is 13.2. The molecule has 2 aromatic carbocycles. The fraction of sp³-hybridized carbons (Fsp3) is 0.348. The molecular weight excluding hydrogens is 415 g/mol. The number of benzene rings is 2. The summed E-state index contributed by atoms with van der Waals surface area (Å²) >= 11 is 1.47. The lowest BCUT2D eigenvalue weighted by atomic mass is 10.1. The Labute approximate surface area is 184 Å². The molecule has 0 unspecified atom stereocenters. The number of ether oxygens (including phenoxy) is 1. The van der Waals surface area contributed by atoms with E-state index in [1.165, 1.54) is 23.9 Å². The molecule has 4 aromatic rings. The topological polar surface area (TPSA) is 61.4 Å². The van der Waals surface area contributed by atoms with Crippen LogP contribution in [-0.4, -0.2) is 31.9 Å². The highest BCUT2D eigenvalue weighted by Crippen LogP contribution is 2.25. The van der Waals surface area contributed by atoms with Gasteiger partial charge in [-0.15, -0.1) is 10.2 Å². The Morgan fingerprint density at radius 3 is 2.77 bits per heavy atom. The van der Waals surface area contributed by atoms with E-state index in [0.29, 0.717) is 41.6 Å². The number of hydrogen-bond acceptors (Lipinski definition) is 5. The maximum absolute atomic E-state index is 13.5. The molecule has 2 heterocycles. The lowest BCUT2D eigenvalue weighted by molar-refractivity contribution is 0.0748. The lowest BCUT2D eigenvalue weighted by Gasteiger charge is -2.12. The van der Waals surface area contributed by atoms with Crippen LogP contribution in [0.3, 0.4) is 0 Å². The van der Waals surface area contributed by atoms with Gasteiger partial charge in [0.15, 0.2) is 5.16 Å². The molecule has 0 amide bonds. The van der Waals surface area contributed by atoms with Crippen molar-refractivity contribution in [2.45, 2.75) is 50.8 Å². The van der Waals surface area contributed by atoms with Crippen LogP contribution in [0, 0.1) is 12.7 Å². The Bertz CT molecular complexity index is 1280. The quantitative estimate of drug-likeness (QED) is 0.296. The van der Waals surface area contributed by atoms with E-state index in [9.17, 15) is 9.18 Å². The SMILES string of the molecule is Cc1ccc2c(c1)c(=O)n(CCCOC(C)C)c1nnc(SCc3cccc(F)c3)n21. The second-order valence-electron chi connectivity index (χ2n) is 7.79. The van der Waals surface area contributed by atoms with Crippen molar-refractivity contribution in [1.29, 1.82) is 0 Å². The van der Waals surface area contributed by atoms with Gasteiger partial charge in [0.2, 0.25) is 5.78 Å². The molecule has 0 aliphatic rings. The molecular formula is C23H25FN4O2S. The average Bonchev–Trinajstić information content (AvgIpc) is 3.15. The Morgan fingerprint density at radius 2 is 2.00 bits per heavy atom. The molecule has 0 fully saturated rings. The van der Waals surface area contributed by atoms with Gasteiger partial charge in [-0.25, -0.2) is 4.39 Å². The molecule has 6 nitrogen and oxygen atoms in total. The van der Waals surface area contributed by atoms with Crippen molar-refractivity contribution in [2.75, 3.05) is 6.61 Å². The Hall–Kier alpha value is -2.71. The van der Waals surface area contributed by atoms with Crippen LogP contribution in [0.2, 0.25) is 0 Å². The fourth-order valence-corrected chi connectivity index (χ4v) is 4.39. The Balaban J connectivity index is 1.74. The van der Waals surface area contributed by atoms with Gasteiger partial charge in [-0.2, -0.15) is 0 Å². The number of aryl methyl sites for hydroxylation is 2. The van der Waals surface area contributed by atoms with Gasteiger partial charge in [-0.3, -0.25) is 13.8 Å². The second kappa shape index (κ2) is 9.20. The van der Waals surface area contributed by atoms with Gasteiger partial charge < -0.3 is 4.74 Å². The molecule has 0 aliphatic heterocycles. The van der Waals surface area contributed by atoms with Gasteiger partial charge in [0.05, 0.1) is 17.0 Å². The zero-order valence-corrected chi connectivity index (χ0v) is 18.7. The number of aromatic nitrogens is 4. The van der Waals surface area contributed by atoms with Crippen molar-refractivity contribution < 1.29 is 9.13 Å². The van der Waals surface area contributed by atoms with E-state index >= 15 is 0 Å². The standard InChI is InChI=1S/C23H25FN4O2S/c1-15(2)30-11-5-10-27-21(29)19-12-16(3)8-9-20(19)28-22(27)25-26-23(28)31-14-17-6-4-7-18(24)13-17/h4,6-9,12-13,15H,5,10-11,14H2,1-3H3. The second-order valence-corrected chi connectivity index (χ2v) is 8.73. The van der Waals surface area contributed by atoms with E-state index in [2.05, 4.69) is 10.2 Å². The van der Waals surface area contributed by atoms with Gasteiger partial charge >= 0.3 is 0 Å². The number of nitrogens with zero attached hydrogens (tertiary/aromatic N) is 4. The number of hydrogen-bond donors (Lipinski definition) is 0. The number of rotatable bonds is 8. The van der Waals surface area contributed by atoms with Crippen LogP contribution >= 0.6 is 11.8 Å². The van der Waals surface area contributed by atoms with E-state index < -0.39 is 0 Å². The molecule has 0 radical (unpaired) electrons. The van der Waals surface area contributed by atoms with E-state index in [-0.39, 0.29) is 17.5 Å². The van der Waals surface area contributed by atoms with Gasteiger partial charge in [0.25, 0.3) is 5.56 Å². The lowest BCUT2D eigenvalue weighted by Crippen LogP contribution is -2.24. The van der Waals surface area contributed by atoms with Crippen molar-refractivity contribution >= 4 is 28.4 Å². The van der Waals surface area contributed by atoms with Crippen LogP contribution in [-0.2, 0) is 17.0 Å². The average molecular weight is 441 g/mol. The van der Waals surface area contributed by atoms with Gasteiger partial charge in [0, 0.05) is 18.9 Å². The van der Waals surface area contributed by atoms with Crippen molar-refractivity contribution in [3.8, 4) is 0 Å². The highest BCUT2D eigenvalue weighted by Gasteiger charge is 2.17. The predicted molar refractivity (Wildman–Crippen MR) is 121 cm³/mol. The highest BCUT2D eigenvalue weighted by molar-refractivity contribution is 7.98. The van der Waals surface area contributed by atoms with E-state index in [1.807, 2.05) is 49.4 Å². The third kappa shape index (κ3) is 4.65. The normalized spacial score (nSPS) is 11.8. The molecule has 0 saturated heterocycles. The summed E-state index contributed by atoms with van der Waals surface area (Å²) in [6.45, 7) is 7.01. The molecule has 4 rings (SSSR count). The number of halogens is 1. The molecule has 0 N–H and O–H groups in total. The minimum Gasteiger partial charge on any atom is -0.379 e. The zero-order chi connectivity index (χ0) is 22.0. The monoisotopic (exact) mass is 440 g/mol. The van der Waals surface area contributed by atoms with Crippen LogP contribution in [0.25, 0.3) is 16.7 Å². The van der Waals surface area contributed by atoms with Gasteiger partial charge in [-0.1, -0.05) is 35.5 Å². The smallest absolute Gasteiger partial charge is 0.262 e. The molecule has 0 atom stereocenters. The molecule has 0 spiro atoms. The number of fused-ring (bicyclic) bond motifs is 3. The first kappa shape index (κ1) is 21.5. The first-order valence-electron chi connectivity index (χ1n) is 10.3. The molecule has 8 heteroatoms. The summed E-state index contributed by atoms with van der Waals surface area (Å²) in [5.41, 5.74) is 2.57. The minimum absolute atomic E-state index is 0.0789. The van der Waals surface area contributed by atoms with Crippen LogP contribution in [0.4, 0.5) is 4.39 Å². The van der Waals surface area contributed by atoms with Crippen molar-refractivity contribution in [1.82, 2.24) is 19.2 Å². The summed E-state index contributed by atoms with van der Waals surface area (Å²) in [7, 11) is 0. The maximum atomic E-state index is 13.5. The molecule has 0 aliphatic carbocycles. The van der Waals surface area contributed by atoms with Gasteiger partial charge in [-0.05, 0) is 57.0 Å². The molecule has 2 aromatic heterocycles. The first-order valence-corrected chi connectivity index (χ1v) is 11.3. The third-order valence-electron chi connectivity index (χ3n) is 4.96. The van der Waals surface area contributed by atoms with Crippen LogP contribution in [0.15, 0.2) is 52.4 Å². The minimum atomic E-state index is -0.261. The summed E-state index contributed by atoms with van der Waals surface area (Å²) < 4.78 is 22.8. The molecule has 31 heavy (non-hydrogen) atoms. The Kier molecular flexibility index (Phi) is 6.38. The van der Waals surface area contributed by atoms with Crippen LogP contribution in [0.5, 0.6) is 0 Å². The molecule has 162 valence electrons. The summed E-state index contributed by atoms with van der Waals surface area (Å²) in [6, 6.07) is 12.3. The molecule has 0 bridgehead atoms. The first-order chi connectivity index (χ1) is 14.9. The van der Waals surface area contributed by atoms with E-state index in [0.717, 1.165) is 16.6 Å². The summed E-state index contributed by atoms with van der Waals surface area (Å²) in [5.74, 6) is 0.794.